The SMILES string of the molecule is Nc1cc(F)ccc1NC(=O)CN1CCSCC1. The molecule has 0 atom stereocenters. The van der Waals surface area contributed by atoms with Gasteiger partial charge in [0.2, 0.25) is 5.91 Å². The minimum Gasteiger partial charge on any atom is -0.397 e. The Balaban J connectivity index is 1.90. The lowest BCUT2D eigenvalue weighted by atomic mass is 10.2. The van der Waals surface area contributed by atoms with Crippen LogP contribution in [0.15, 0.2) is 18.2 Å². The van der Waals surface area contributed by atoms with E-state index in [0.717, 1.165) is 24.6 Å². The topological polar surface area (TPSA) is 58.4 Å². The molecule has 2 rings (SSSR count). The fourth-order valence-corrected chi connectivity index (χ4v) is 2.78. The molecule has 1 saturated heterocycles. The maximum Gasteiger partial charge on any atom is 0.238 e. The van der Waals surface area contributed by atoms with Crippen LogP contribution < -0.4 is 11.1 Å². The average molecular weight is 269 g/mol. The minimum atomic E-state index is -0.404. The van der Waals surface area contributed by atoms with Crippen molar-refractivity contribution in [2.24, 2.45) is 0 Å². The number of nitrogens with two attached hydrogens (primary N) is 1. The lowest BCUT2D eigenvalue weighted by Crippen LogP contribution is -2.38. The van der Waals surface area contributed by atoms with Crippen molar-refractivity contribution >= 4 is 29.0 Å². The van der Waals surface area contributed by atoms with Gasteiger partial charge in [-0.2, -0.15) is 11.8 Å². The van der Waals surface area contributed by atoms with E-state index in [1.54, 1.807) is 0 Å². The van der Waals surface area contributed by atoms with E-state index in [1.165, 1.54) is 18.2 Å². The Kier molecular flexibility index (Phi) is 4.43. The van der Waals surface area contributed by atoms with Crippen LogP contribution in [0.1, 0.15) is 0 Å². The molecule has 0 saturated carbocycles. The molecule has 3 N–H and O–H groups in total. The molecule has 4 nitrogen and oxygen atoms in total. The van der Waals surface area contributed by atoms with Crippen LogP contribution in [0.25, 0.3) is 0 Å². The van der Waals surface area contributed by atoms with Gasteiger partial charge in [-0.1, -0.05) is 0 Å². The third-order valence-corrected chi connectivity index (χ3v) is 3.70. The molecule has 0 bridgehead atoms. The second-order valence-corrected chi connectivity index (χ2v) is 5.39. The Labute approximate surface area is 110 Å². The number of carbonyl (C=O) groups excluding carboxylic acids is 1. The van der Waals surface area contributed by atoms with E-state index in [1.807, 2.05) is 11.8 Å². The Hall–Kier alpha value is -1.27. The third kappa shape index (κ3) is 3.61. The van der Waals surface area contributed by atoms with Crippen LogP contribution in [0.2, 0.25) is 0 Å². The van der Waals surface area contributed by atoms with Crippen molar-refractivity contribution in [2.75, 3.05) is 42.2 Å². The Bertz CT molecular complexity index is 435. The molecular weight excluding hydrogens is 253 g/mol. The molecule has 1 aromatic rings. The van der Waals surface area contributed by atoms with Crippen molar-refractivity contribution in [3.8, 4) is 0 Å². The van der Waals surface area contributed by atoms with Gasteiger partial charge in [0, 0.05) is 24.6 Å². The number of nitrogens with one attached hydrogen (secondary N) is 1. The van der Waals surface area contributed by atoms with Gasteiger partial charge in [0.15, 0.2) is 0 Å². The second kappa shape index (κ2) is 6.06. The number of halogens is 1. The zero-order chi connectivity index (χ0) is 13.0. The quantitative estimate of drug-likeness (QED) is 0.814. The molecule has 18 heavy (non-hydrogen) atoms. The summed E-state index contributed by atoms with van der Waals surface area (Å²) >= 11 is 1.90. The molecule has 6 heteroatoms. The monoisotopic (exact) mass is 269 g/mol. The van der Waals surface area contributed by atoms with Crippen LogP contribution in [0.4, 0.5) is 15.8 Å². The molecule has 1 aromatic carbocycles. The minimum absolute atomic E-state index is 0.111. The predicted octanol–water partition coefficient (Wildman–Crippen LogP) is 1.40. The number of hydrogen-bond donors (Lipinski definition) is 2. The highest BCUT2D eigenvalue weighted by atomic mass is 32.2. The first-order valence-corrected chi connectivity index (χ1v) is 6.95. The van der Waals surface area contributed by atoms with Crippen LogP contribution >= 0.6 is 11.8 Å². The highest BCUT2D eigenvalue weighted by Crippen LogP contribution is 2.19. The van der Waals surface area contributed by atoms with E-state index in [-0.39, 0.29) is 11.6 Å². The fraction of sp³-hybridized carbons (Fsp3) is 0.417. The molecule has 1 aliphatic heterocycles. The third-order valence-electron chi connectivity index (χ3n) is 2.76. The highest BCUT2D eigenvalue weighted by molar-refractivity contribution is 7.99. The van der Waals surface area contributed by atoms with Crippen molar-refractivity contribution < 1.29 is 9.18 Å². The van der Waals surface area contributed by atoms with Crippen LogP contribution in [-0.2, 0) is 4.79 Å². The molecule has 0 unspecified atom stereocenters. The lowest BCUT2D eigenvalue weighted by Gasteiger charge is -2.25. The molecule has 98 valence electrons. The largest absolute Gasteiger partial charge is 0.397 e. The summed E-state index contributed by atoms with van der Waals surface area (Å²) in [5.74, 6) is 1.61. The molecule has 0 aromatic heterocycles. The Morgan fingerprint density at radius 3 is 2.83 bits per heavy atom. The van der Waals surface area contributed by atoms with Crippen LogP contribution in [0.3, 0.4) is 0 Å². The van der Waals surface area contributed by atoms with Gasteiger partial charge in [0.05, 0.1) is 17.9 Å². The molecule has 0 spiro atoms. The first-order chi connectivity index (χ1) is 8.65. The van der Waals surface area contributed by atoms with E-state index in [2.05, 4.69) is 10.2 Å². The number of nitrogens with zero attached hydrogens (tertiary/aromatic N) is 1. The van der Waals surface area contributed by atoms with E-state index in [4.69, 9.17) is 5.73 Å². The van der Waals surface area contributed by atoms with Gasteiger partial charge in [-0.15, -0.1) is 0 Å². The van der Waals surface area contributed by atoms with Crippen molar-refractivity contribution in [3.63, 3.8) is 0 Å². The van der Waals surface area contributed by atoms with E-state index >= 15 is 0 Å². The number of rotatable bonds is 3. The van der Waals surface area contributed by atoms with Gasteiger partial charge in [-0.05, 0) is 18.2 Å². The molecule has 0 radical (unpaired) electrons. The zero-order valence-corrected chi connectivity index (χ0v) is 10.8. The first-order valence-electron chi connectivity index (χ1n) is 5.80. The normalized spacial score (nSPS) is 16.5. The van der Waals surface area contributed by atoms with Gasteiger partial charge >= 0.3 is 0 Å². The van der Waals surface area contributed by atoms with Gasteiger partial charge in [0.25, 0.3) is 0 Å². The van der Waals surface area contributed by atoms with Gasteiger partial charge in [-0.3, -0.25) is 9.69 Å². The number of amides is 1. The fourth-order valence-electron chi connectivity index (χ4n) is 1.80. The Morgan fingerprint density at radius 1 is 1.44 bits per heavy atom. The van der Waals surface area contributed by atoms with Gasteiger partial charge < -0.3 is 11.1 Å². The van der Waals surface area contributed by atoms with Crippen LogP contribution in [0.5, 0.6) is 0 Å². The predicted molar refractivity (Wildman–Crippen MR) is 73.2 cm³/mol. The van der Waals surface area contributed by atoms with Crippen molar-refractivity contribution in [1.82, 2.24) is 4.90 Å². The first kappa shape index (κ1) is 13.2. The molecule has 1 fully saturated rings. The standard InChI is InChI=1S/C12H16FN3OS/c13-9-1-2-11(10(14)7-9)15-12(17)8-16-3-5-18-6-4-16/h1-2,7H,3-6,8,14H2,(H,15,17). The van der Waals surface area contributed by atoms with Crippen LogP contribution in [-0.4, -0.2) is 41.9 Å². The van der Waals surface area contributed by atoms with E-state index in [0.29, 0.717) is 12.2 Å². The average Bonchev–Trinajstić information content (AvgIpc) is 2.34. The second-order valence-electron chi connectivity index (χ2n) is 4.17. The Morgan fingerprint density at radius 2 is 2.17 bits per heavy atom. The molecule has 1 amide bonds. The summed E-state index contributed by atoms with van der Waals surface area (Å²) in [4.78, 5) is 13.9. The summed E-state index contributed by atoms with van der Waals surface area (Å²) in [6.45, 7) is 2.21. The smallest absolute Gasteiger partial charge is 0.238 e. The molecule has 1 heterocycles. The zero-order valence-electron chi connectivity index (χ0n) is 9.99. The van der Waals surface area contributed by atoms with Crippen molar-refractivity contribution in [3.05, 3.63) is 24.0 Å². The van der Waals surface area contributed by atoms with E-state index in [9.17, 15) is 9.18 Å². The van der Waals surface area contributed by atoms with E-state index < -0.39 is 5.82 Å². The number of benzene rings is 1. The molecule has 0 aliphatic carbocycles. The summed E-state index contributed by atoms with van der Waals surface area (Å²) < 4.78 is 12.9. The van der Waals surface area contributed by atoms with Crippen LogP contribution in [0, 0.1) is 5.82 Å². The number of hydrogen-bond acceptors (Lipinski definition) is 4. The number of thioether (sulfide) groups is 1. The molecule has 1 aliphatic rings. The summed E-state index contributed by atoms with van der Waals surface area (Å²) in [7, 11) is 0. The highest BCUT2D eigenvalue weighted by Gasteiger charge is 2.14. The number of nitrogen functional groups attached to an aromatic ring is 1. The number of anilines is 2. The van der Waals surface area contributed by atoms with Crippen molar-refractivity contribution in [2.45, 2.75) is 0 Å². The lowest BCUT2D eigenvalue weighted by molar-refractivity contribution is -0.117. The van der Waals surface area contributed by atoms with Gasteiger partial charge in [0.1, 0.15) is 5.82 Å². The van der Waals surface area contributed by atoms with Crippen molar-refractivity contribution in [1.29, 1.82) is 0 Å². The van der Waals surface area contributed by atoms with Gasteiger partial charge in [-0.25, -0.2) is 4.39 Å². The molecular formula is C12H16FN3OS. The summed E-state index contributed by atoms with van der Waals surface area (Å²) in [5, 5.41) is 2.71. The summed E-state index contributed by atoms with van der Waals surface area (Å²) in [5.41, 5.74) is 6.34. The number of carbonyl (C=O) groups is 1. The summed E-state index contributed by atoms with van der Waals surface area (Å²) in [6.07, 6.45) is 0. The maximum absolute atomic E-state index is 12.9. The summed E-state index contributed by atoms with van der Waals surface area (Å²) in [6, 6.07) is 3.96. The maximum atomic E-state index is 12.9.